The fourth-order valence-corrected chi connectivity index (χ4v) is 4.72. The van der Waals surface area contributed by atoms with Crippen LogP contribution in [0.4, 0.5) is 10.4 Å². The third-order valence-electron chi connectivity index (χ3n) is 4.66. The van der Waals surface area contributed by atoms with E-state index in [0.717, 1.165) is 5.56 Å². The molecule has 1 amide bonds. The number of nitrogens with one attached hydrogen (secondary N) is 1. The maximum atomic E-state index is 13.0. The van der Waals surface area contributed by atoms with Gasteiger partial charge in [-0.25, -0.2) is 12.8 Å². The van der Waals surface area contributed by atoms with Crippen LogP contribution >= 0.6 is 0 Å². The summed E-state index contributed by atoms with van der Waals surface area (Å²) in [5, 5.41) is 10.2. The molecule has 1 heterocycles. The molecular weight excluding hydrogens is 435 g/mol. The van der Waals surface area contributed by atoms with E-state index in [2.05, 4.69) is 15.5 Å². The van der Waals surface area contributed by atoms with Crippen LogP contribution in [0, 0.1) is 5.82 Å². The molecule has 0 aliphatic heterocycles. The van der Waals surface area contributed by atoms with Crippen molar-refractivity contribution in [3.05, 3.63) is 71.4 Å². The zero-order valence-electron chi connectivity index (χ0n) is 17.9. The number of carbonyl (C=O) groups excluding carboxylic acids is 1. The molecule has 0 saturated carbocycles. The minimum absolute atomic E-state index is 0.0825. The monoisotopic (exact) mass is 460 g/mol. The lowest BCUT2D eigenvalue weighted by atomic mass is 10.1. The molecule has 2 aromatic carbocycles. The molecule has 3 rings (SSSR count). The van der Waals surface area contributed by atoms with Gasteiger partial charge in [-0.1, -0.05) is 31.1 Å². The summed E-state index contributed by atoms with van der Waals surface area (Å²) in [6.45, 7) is 4.73. The molecule has 0 radical (unpaired) electrons. The normalized spacial score (nSPS) is 11.6. The highest BCUT2D eigenvalue weighted by atomic mass is 32.2. The molecule has 0 atom stereocenters. The molecule has 0 spiro atoms. The molecule has 1 N–H and O–H groups in total. The number of carbonyl (C=O) groups is 1. The van der Waals surface area contributed by atoms with Gasteiger partial charge in [0, 0.05) is 18.7 Å². The zero-order valence-corrected chi connectivity index (χ0v) is 18.7. The highest BCUT2D eigenvalue weighted by Gasteiger charge is 2.23. The van der Waals surface area contributed by atoms with E-state index in [1.807, 2.05) is 13.8 Å². The van der Waals surface area contributed by atoms with Gasteiger partial charge in [0.2, 0.25) is 15.9 Å². The summed E-state index contributed by atoms with van der Waals surface area (Å²) in [4.78, 5) is 12.6. The number of halogens is 1. The minimum Gasteiger partial charge on any atom is -0.407 e. The molecule has 10 heteroatoms. The van der Waals surface area contributed by atoms with Crippen molar-refractivity contribution in [2.75, 3.05) is 18.4 Å². The van der Waals surface area contributed by atoms with Gasteiger partial charge in [-0.3, -0.25) is 10.1 Å². The van der Waals surface area contributed by atoms with Gasteiger partial charge < -0.3 is 4.42 Å². The summed E-state index contributed by atoms with van der Waals surface area (Å²) in [7, 11) is -3.62. The minimum atomic E-state index is -3.62. The van der Waals surface area contributed by atoms with Gasteiger partial charge in [-0.05, 0) is 54.8 Å². The largest absolute Gasteiger partial charge is 0.407 e. The maximum absolute atomic E-state index is 13.0. The number of nitrogens with zero attached hydrogens (tertiary/aromatic N) is 3. The van der Waals surface area contributed by atoms with Gasteiger partial charge in [-0.2, -0.15) is 4.31 Å². The number of aromatic nitrogens is 2. The fourth-order valence-electron chi connectivity index (χ4n) is 3.10. The van der Waals surface area contributed by atoms with Crippen LogP contribution in [-0.4, -0.2) is 41.9 Å². The molecule has 0 aliphatic rings. The van der Waals surface area contributed by atoms with E-state index in [1.165, 1.54) is 40.7 Å². The summed E-state index contributed by atoms with van der Waals surface area (Å²) in [6, 6.07) is 11.5. The van der Waals surface area contributed by atoms with E-state index in [4.69, 9.17) is 4.42 Å². The molecule has 0 unspecified atom stereocenters. The first-order valence-electron chi connectivity index (χ1n) is 10.3. The summed E-state index contributed by atoms with van der Waals surface area (Å²) in [5.74, 6) is -0.584. The van der Waals surface area contributed by atoms with Crippen molar-refractivity contribution in [3.8, 4) is 0 Å². The summed E-state index contributed by atoms with van der Waals surface area (Å²) >= 11 is 0. The predicted octanol–water partition coefficient (Wildman–Crippen LogP) is 3.86. The molecule has 8 nitrogen and oxygen atoms in total. The smallest absolute Gasteiger partial charge is 0.322 e. The van der Waals surface area contributed by atoms with E-state index < -0.39 is 15.9 Å². The Bertz CT molecular complexity index is 1140. The Morgan fingerprint density at radius 3 is 2.22 bits per heavy atom. The van der Waals surface area contributed by atoms with Gasteiger partial charge in [-0.15, -0.1) is 5.10 Å². The number of rotatable bonds is 10. The topological polar surface area (TPSA) is 105 Å². The second kappa shape index (κ2) is 10.5. The van der Waals surface area contributed by atoms with Crippen LogP contribution in [0.5, 0.6) is 0 Å². The van der Waals surface area contributed by atoms with E-state index in [0.29, 0.717) is 32.4 Å². The molecule has 1 aromatic heterocycles. The Labute approximate surface area is 186 Å². The van der Waals surface area contributed by atoms with Crippen molar-refractivity contribution in [1.82, 2.24) is 14.5 Å². The van der Waals surface area contributed by atoms with Crippen LogP contribution in [-0.2, 0) is 16.4 Å². The molecule has 0 aliphatic carbocycles. The van der Waals surface area contributed by atoms with Crippen LogP contribution < -0.4 is 5.32 Å². The zero-order chi connectivity index (χ0) is 23.1. The van der Waals surface area contributed by atoms with Crippen LogP contribution in [0.15, 0.2) is 57.8 Å². The Morgan fingerprint density at radius 2 is 1.62 bits per heavy atom. The van der Waals surface area contributed by atoms with Crippen LogP contribution in [0.1, 0.15) is 48.5 Å². The third kappa shape index (κ3) is 5.77. The lowest BCUT2D eigenvalue weighted by Gasteiger charge is -2.21. The molecule has 0 saturated heterocycles. The van der Waals surface area contributed by atoms with Gasteiger partial charge in [0.25, 0.3) is 5.91 Å². The standard InChI is InChI=1S/C22H25FN4O4S/c1-3-13-27(14-4-2)32(29,30)19-11-7-17(8-12-19)21(28)24-22-26-25-20(31-22)15-16-5-9-18(23)10-6-16/h5-12H,3-4,13-15H2,1-2H3,(H,24,26,28). The van der Waals surface area contributed by atoms with Gasteiger partial charge in [0.1, 0.15) is 5.82 Å². The van der Waals surface area contributed by atoms with E-state index in [1.54, 1.807) is 12.1 Å². The quantitative estimate of drug-likeness (QED) is 0.493. The molecule has 0 bridgehead atoms. The molecule has 32 heavy (non-hydrogen) atoms. The molecule has 0 fully saturated rings. The van der Waals surface area contributed by atoms with E-state index >= 15 is 0 Å². The highest BCUT2D eigenvalue weighted by Crippen LogP contribution is 2.18. The number of hydrogen-bond acceptors (Lipinski definition) is 6. The van der Waals surface area contributed by atoms with Crippen molar-refractivity contribution >= 4 is 21.9 Å². The fraction of sp³-hybridized carbons (Fsp3) is 0.318. The molecular formula is C22H25FN4O4S. The lowest BCUT2D eigenvalue weighted by molar-refractivity contribution is 0.102. The predicted molar refractivity (Wildman–Crippen MR) is 117 cm³/mol. The van der Waals surface area contributed by atoms with Gasteiger partial charge in [0.05, 0.1) is 11.3 Å². The van der Waals surface area contributed by atoms with E-state index in [-0.39, 0.29) is 28.2 Å². The Kier molecular flexibility index (Phi) is 7.70. The average Bonchev–Trinajstić information content (AvgIpc) is 3.22. The Balaban J connectivity index is 1.66. The number of anilines is 1. The summed E-state index contributed by atoms with van der Waals surface area (Å²) in [5.41, 5.74) is 1.03. The Hall–Kier alpha value is -3.11. The maximum Gasteiger partial charge on any atom is 0.322 e. The third-order valence-corrected chi connectivity index (χ3v) is 6.57. The van der Waals surface area contributed by atoms with Crippen molar-refractivity contribution in [2.45, 2.75) is 38.0 Å². The first kappa shape index (κ1) is 23.6. The van der Waals surface area contributed by atoms with Crippen molar-refractivity contribution in [1.29, 1.82) is 0 Å². The van der Waals surface area contributed by atoms with Gasteiger partial charge in [0.15, 0.2) is 0 Å². The second-order valence-electron chi connectivity index (χ2n) is 7.19. The highest BCUT2D eigenvalue weighted by molar-refractivity contribution is 7.89. The first-order valence-corrected chi connectivity index (χ1v) is 11.8. The second-order valence-corrected chi connectivity index (χ2v) is 9.12. The van der Waals surface area contributed by atoms with Crippen LogP contribution in [0.25, 0.3) is 0 Å². The first-order chi connectivity index (χ1) is 15.3. The summed E-state index contributed by atoms with van der Waals surface area (Å²) < 4.78 is 45.5. The van der Waals surface area contributed by atoms with Gasteiger partial charge >= 0.3 is 6.01 Å². The van der Waals surface area contributed by atoms with Crippen molar-refractivity contribution in [3.63, 3.8) is 0 Å². The number of hydrogen-bond donors (Lipinski definition) is 1. The molecule has 3 aromatic rings. The Morgan fingerprint density at radius 1 is 1.00 bits per heavy atom. The van der Waals surface area contributed by atoms with Crippen molar-refractivity contribution in [2.24, 2.45) is 0 Å². The average molecular weight is 461 g/mol. The van der Waals surface area contributed by atoms with Crippen LogP contribution in [0.3, 0.4) is 0 Å². The number of sulfonamides is 1. The summed E-state index contributed by atoms with van der Waals surface area (Å²) in [6.07, 6.45) is 1.72. The van der Waals surface area contributed by atoms with Crippen molar-refractivity contribution < 1.29 is 22.0 Å². The lowest BCUT2D eigenvalue weighted by Crippen LogP contribution is -2.32. The SMILES string of the molecule is CCCN(CCC)S(=O)(=O)c1ccc(C(=O)Nc2nnc(Cc3ccc(F)cc3)o2)cc1. The van der Waals surface area contributed by atoms with Crippen LogP contribution in [0.2, 0.25) is 0 Å². The number of amides is 1. The molecule has 170 valence electrons. The number of benzene rings is 2. The van der Waals surface area contributed by atoms with E-state index in [9.17, 15) is 17.6 Å².